The number of nitrogens with one attached hydrogen (secondary N) is 1. The Hall–Kier alpha value is -1.80. The van der Waals surface area contributed by atoms with Crippen LogP contribution in [0, 0.1) is 0 Å². The lowest BCUT2D eigenvalue weighted by atomic mass is 10.2. The number of thioether (sulfide) groups is 1. The molecule has 1 amide bonds. The first-order chi connectivity index (χ1) is 11.6. The third-order valence-electron chi connectivity index (χ3n) is 4.16. The van der Waals surface area contributed by atoms with Crippen LogP contribution in [-0.2, 0) is 4.79 Å². The van der Waals surface area contributed by atoms with Gasteiger partial charge in [0.2, 0.25) is 5.91 Å². The van der Waals surface area contributed by atoms with Crippen LogP contribution >= 0.6 is 23.1 Å². The molecule has 1 fully saturated rings. The molecule has 24 heavy (non-hydrogen) atoms. The number of aromatic nitrogens is 2. The van der Waals surface area contributed by atoms with Crippen molar-refractivity contribution in [3.8, 4) is 11.5 Å². The van der Waals surface area contributed by atoms with E-state index in [2.05, 4.69) is 15.5 Å². The van der Waals surface area contributed by atoms with E-state index in [-0.39, 0.29) is 11.2 Å². The zero-order valence-corrected chi connectivity index (χ0v) is 14.8. The van der Waals surface area contributed by atoms with Crippen molar-refractivity contribution in [3.63, 3.8) is 0 Å². The third-order valence-corrected chi connectivity index (χ3v) is 6.07. The summed E-state index contributed by atoms with van der Waals surface area (Å²) in [6.45, 7) is 1.85. The number of carbonyl (C=O) groups excluding carboxylic acids is 1. The zero-order chi connectivity index (χ0) is 16.6. The van der Waals surface area contributed by atoms with E-state index < -0.39 is 5.79 Å². The summed E-state index contributed by atoms with van der Waals surface area (Å²) in [4.78, 5) is 12.3. The van der Waals surface area contributed by atoms with Gasteiger partial charge in [-0.25, -0.2) is 0 Å². The molecule has 0 unspecified atom stereocenters. The SMILES string of the molecule is C[C@H](Sc1nncs1)C(=O)Nc1ccc2c(c1)OC1(CCCC1)O2. The van der Waals surface area contributed by atoms with E-state index in [1.807, 2.05) is 25.1 Å². The Morgan fingerprint density at radius 1 is 1.33 bits per heavy atom. The summed E-state index contributed by atoms with van der Waals surface area (Å²) in [7, 11) is 0. The molecule has 2 heterocycles. The normalized spacial score (nSPS) is 18.7. The molecule has 4 rings (SSSR count). The number of benzene rings is 1. The fourth-order valence-electron chi connectivity index (χ4n) is 2.95. The van der Waals surface area contributed by atoms with Crippen molar-refractivity contribution in [3.05, 3.63) is 23.7 Å². The Morgan fingerprint density at radius 2 is 2.12 bits per heavy atom. The van der Waals surface area contributed by atoms with Crippen molar-refractivity contribution in [2.45, 2.75) is 48.0 Å². The predicted octanol–water partition coefficient (Wildman–Crippen LogP) is 3.70. The molecule has 1 aromatic carbocycles. The van der Waals surface area contributed by atoms with Gasteiger partial charge in [0.05, 0.1) is 5.25 Å². The third kappa shape index (κ3) is 3.08. The first-order valence-electron chi connectivity index (χ1n) is 7.89. The maximum absolute atomic E-state index is 12.3. The maximum atomic E-state index is 12.3. The van der Waals surface area contributed by atoms with Crippen molar-refractivity contribution in [1.29, 1.82) is 0 Å². The molecule has 2 aromatic rings. The summed E-state index contributed by atoms with van der Waals surface area (Å²) in [5.74, 6) is 0.904. The highest BCUT2D eigenvalue weighted by atomic mass is 32.2. The van der Waals surface area contributed by atoms with E-state index in [0.29, 0.717) is 11.4 Å². The van der Waals surface area contributed by atoms with Crippen LogP contribution in [0.1, 0.15) is 32.6 Å². The molecule has 1 spiro atoms. The number of hydrogen-bond donors (Lipinski definition) is 1. The average molecular weight is 363 g/mol. The highest BCUT2D eigenvalue weighted by Gasteiger charge is 2.44. The van der Waals surface area contributed by atoms with Gasteiger partial charge < -0.3 is 14.8 Å². The van der Waals surface area contributed by atoms with Crippen molar-refractivity contribution in [1.82, 2.24) is 10.2 Å². The fourth-order valence-corrected chi connectivity index (χ4v) is 4.58. The number of ether oxygens (including phenoxy) is 2. The lowest BCUT2D eigenvalue weighted by molar-refractivity contribution is -0.115. The largest absolute Gasteiger partial charge is 0.448 e. The number of carbonyl (C=O) groups is 1. The Labute approximate surface area is 148 Å². The van der Waals surface area contributed by atoms with Gasteiger partial charge in [-0.05, 0) is 31.9 Å². The second-order valence-electron chi connectivity index (χ2n) is 5.94. The molecule has 1 N–H and O–H groups in total. The number of amides is 1. The molecule has 0 bridgehead atoms. The molecule has 1 aromatic heterocycles. The van der Waals surface area contributed by atoms with E-state index in [1.54, 1.807) is 5.51 Å². The summed E-state index contributed by atoms with van der Waals surface area (Å²) >= 11 is 2.82. The summed E-state index contributed by atoms with van der Waals surface area (Å²) in [5.41, 5.74) is 2.37. The number of hydrogen-bond acceptors (Lipinski definition) is 7. The lowest BCUT2D eigenvalue weighted by Crippen LogP contribution is -2.34. The molecule has 8 heteroatoms. The van der Waals surface area contributed by atoms with Crippen molar-refractivity contribution in [2.24, 2.45) is 0 Å². The summed E-state index contributed by atoms with van der Waals surface area (Å²) in [6, 6.07) is 5.54. The van der Waals surface area contributed by atoms with E-state index in [1.165, 1.54) is 23.1 Å². The van der Waals surface area contributed by atoms with Gasteiger partial charge in [-0.2, -0.15) is 0 Å². The standard InChI is InChI=1S/C16H17N3O3S2/c1-10(24-15-19-17-9-23-15)14(20)18-11-4-5-12-13(8-11)22-16(21-12)6-2-3-7-16/h4-5,8-10H,2-3,6-7H2,1H3,(H,18,20)/t10-/m0/s1. The first kappa shape index (κ1) is 15.7. The topological polar surface area (TPSA) is 73.3 Å². The quantitative estimate of drug-likeness (QED) is 0.835. The van der Waals surface area contributed by atoms with Crippen LogP contribution in [0.2, 0.25) is 0 Å². The van der Waals surface area contributed by atoms with Crippen LogP contribution in [0.15, 0.2) is 28.0 Å². The van der Waals surface area contributed by atoms with Crippen LogP contribution < -0.4 is 14.8 Å². The minimum atomic E-state index is -0.480. The second-order valence-corrected chi connectivity index (χ2v) is 8.36. The Morgan fingerprint density at radius 3 is 2.88 bits per heavy atom. The van der Waals surface area contributed by atoms with E-state index in [9.17, 15) is 4.79 Å². The molecular formula is C16H17N3O3S2. The van der Waals surface area contributed by atoms with E-state index in [4.69, 9.17) is 9.47 Å². The van der Waals surface area contributed by atoms with Crippen LogP contribution in [-0.4, -0.2) is 27.1 Å². The molecule has 6 nitrogen and oxygen atoms in total. The predicted molar refractivity (Wildman–Crippen MR) is 92.8 cm³/mol. The Kier molecular flexibility index (Phi) is 4.09. The van der Waals surface area contributed by atoms with Crippen LogP contribution in [0.3, 0.4) is 0 Å². The van der Waals surface area contributed by atoms with Gasteiger partial charge in [0.25, 0.3) is 5.79 Å². The smallest absolute Gasteiger partial charge is 0.251 e. The highest BCUT2D eigenvalue weighted by Crippen LogP contribution is 2.47. The molecule has 1 saturated carbocycles. The van der Waals surface area contributed by atoms with Gasteiger partial charge >= 0.3 is 0 Å². The lowest BCUT2D eigenvalue weighted by Gasteiger charge is -2.21. The number of anilines is 1. The fraction of sp³-hybridized carbons (Fsp3) is 0.438. The minimum Gasteiger partial charge on any atom is -0.448 e. The second kappa shape index (κ2) is 6.25. The van der Waals surface area contributed by atoms with Gasteiger partial charge in [0.1, 0.15) is 5.51 Å². The molecular weight excluding hydrogens is 346 g/mol. The number of rotatable bonds is 4. The molecule has 1 aliphatic carbocycles. The minimum absolute atomic E-state index is 0.0790. The number of fused-ring (bicyclic) bond motifs is 1. The molecule has 0 saturated heterocycles. The van der Waals surface area contributed by atoms with Crippen LogP contribution in [0.25, 0.3) is 0 Å². The van der Waals surface area contributed by atoms with Gasteiger partial charge in [0.15, 0.2) is 15.8 Å². The number of nitrogens with zero attached hydrogens (tertiary/aromatic N) is 2. The zero-order valence-electron chi connectivity index (χ0n) is 13.2. The Bertz CT molecular complexity index is 745. The molecule has 1 aliphatic heterocycles. The van der Waals surface area contributed by atoms with E-state index in [0.717, 1.165) is 35.8 Å². The van der Waals surface area contributed by atoms with Gasteiger partial charge in [-0.15, -0.1) is 10.2 Å². The van der Waals surface area contributed by atoms with E-state index >= 15 is 0 Å². The molecule has 1 atom stereocenters. The Balaban J connectivity index is 1.42. The molecule has 0 radical (unpaired) electrons. The summed E-state index contributed by atoms with van der Waals surface area (Å²) in [5, 5.41) is 10.4. The maximum Gasteiger partial charge on any atom is 0.251 e. The highest BCUT2D eigenvalue weighted by molar-refractivity contribution is 8.02. The monoisotopic (exact) mass is 363 g/mol. The van der Waals surface area contributed by atoms with Crippen molar-refractivity contribution < 1.29 is 14.3 Å². The molecule has 126 valence electrons. The first-order valence-corrected chi connectivity index (χ1v) is 9.65. The summed E-state index contributed by atoms with van der Waals surface area (Å²) in [6.07, 6.45) is 4.08. The van der Waals surface area contributed by atoms with Gasteiger partial charge in [0, 0.05) is 24.6 Å². The van der Waals surface area contributed by atoms with Gasteiger partial charge in [-0.3, -0.25) is 4.79 Å². The van der Waals surface area contributed by atoms with Crippen molar-refractivity contribution in [2.75, 3.05) is 5.32 Å². The average Bonchev–Trinajstić information content (AvgIpc) is 3.28. The van der Waals surface area contributed by atoms with Crippen LogP contribution in [0.5, 0.6) is 11.5 Å². The summed E-state index contributed by atoms with van der Waals surface area (Å²) < 4.78 is 12.8. The van der Waals surface area contributed by atoms with Gasteiger partial charge in [-0.1, -0.05) is 23.1 Å². The molecule has 2 aliphatic rings. The van der Waals surface area contributed by atoms with Crippen LogP contribution in [0.4, 0.5) is 5.69 Å². The van der Waals surface area contributed by atoms with Crippen molar-refractivity contribution >= 4 is 34.7 Å².